The first-order valence-corrected chi connectivity index (χ1v) is 9.04. The van der Waals surface area contributed by atoms with Crippen molar-refractivity contribution in [3.8, 4) is 18.1 Å². The van der Waals surface area contributed by atoms with Crippen molar-refractivity contribution < 1.29 is 9.53 Å². The lowest BCUT2D eigenvalue weighted by Gasteiger charge is -2.15. The van der Waals surface area contributed by atoms with Crippen molar-refractivity contribution in [1.82, 2.24) is 5.32 Å². The summed E-state index contributed by atoms with van der Waals surface area (Å²) < 4.78 is 5.54. The van der Waals surface area contributed by atoms with E-state index < -0.39 is 0 Å². The van der Waals surface area contributed by atoms with Crippen LogP contribution in [-0.2, 0) is 4.79 Å². The van der Waals surface area contributed by atoms with Gasteiger partial charge in [0.25, 0.3) is 5.91 Å². The topological polar surface area (TPSA) is 41.6 Å². The maximum atomic E-state index is 12.9. The molecule has 5 heteroatoms. The van der Waals surface area contributed by atoms with Crippen molar-refractivity contribution in [1.29, 1.82) is 0 Å². The lowest BCUT2D eigenvalue weighted by molar-refractivity contribution is -0.113. The Balaban J connectivity index is 1.88. The van der Waals surface area contributed by atoms with Crippen LogP contribution in [0.4, 0.5) is 5.69 Å². The average Bonchev–Trinajstić information content (AvgIpc) is 2.94. The average molecular weight is 376 g/mol. The molecule has 0 bridgehead atoms. The summed E-state index contributed by atoms with van der Waals surface area (Å²) in [7, 11) is 0. The number of hydrogen-bond acceptors (Lipinski definition) is 3. The number of carbonyl (C=O) groups excluding carboxylic acids is 1. The molecule has 0 radical (unpaired) electrons. The zero-order valence-electron chi connectivity index (χ0n) is 15.2. The molecule has 3 rings (SSSR count). The third-order valence-electron chi connectivity index (χ3n) is 4.23. The number of amides is 1. The van der Waals surface area contributed by atoms with Crippen LogP contribution < -0.4 is 15.0 Å². The van der Waals surface area contributed by atoms with Gasteiger partial charge in [-0.05, 0) is 48.0 Å². The zero-order valence-corrected chi connectivity index (χ0v) is 16.0. The van der Waals surface area contributed by atoms with Gasteiger partial charge in [0.1, 0.15) is 18.1 Å². The maximum Gasteiger partial charge on any atom is 0.281 e. The van der Waals surface area contributed by atoms with E-state index in [9.17, 15) is 4.79 Å². The second-order valence-electron chi connectivity index (χ2n) is 6.41. The van der Waals surface area contributed by atoms with Gasteiger partial charge < -0.3 is 10.1 Å². The summed E-state index contributed by atoms with van der Waals surface area (Å²) in [5.74, 6) is 3.27. The number of thiocarbonyl (C=S) groups is 1. The first-order valence-electron chi connectivity index (χ1n) is 8.63. The van der Waals surface area contributed by atoms with Gasteiger partial charge in [-0.1, -0.05) is 50.1 Å². The summed E-state index contributed by atoms with van der Waals surface area (Å²) in [4.78, 5) is 14.4. The molecule has 27 heavy (non-hydrogen) atoms. The highest BCUT2D eigenvalue weighted by molar-refractivity contribution is 7.80. The zero-order chi connectivity index (χ0) is 19.4. The Labute approximate surface area is 164 Å². The molecule has 0 spiro atoms. The van der Waals surface area contributed by atoms with E-state index in [-0.39, 0.29) is 12.5 Å². The number of carbonyl (C=O) groups is 1. The monoisotopic (exact) mass is 376 g/mol. The number of terminal acetylenes is 1. The molecule has 2 aromatic carbocycles. The maximum absolute atomic E-state index is 12.9. The van der Waals surface area contributed by atoms with Gasteiger partial charge in [-0.2, -0.15) is 0 Å². The number of anilines is 1. The number of ether oxygens (including phenoxy) is 1. The molecular weight excluding hydrogens is 356 g/mol. The van der Waals surface area contributed by atoms with E-state index in [0.717, 1.165) is 11.3 Å². The molecule has 1 fully saturated rings. The lowest BCUT2D eigenvalue weighted by Crippen LogP contribution is -2.30. The fourth-order valence-electron chi connectivity index (χ4n) is 2.78. The fraction of sp³-hybridized carbons (Fsp3) is 0.182. The van der Waals surface area contributed by atoms with Gasteiger partial charge in [0.05, 0.1) is 5.69 Å². The van der Waals surface area contributed by atoms with E-state index in [4.69, 9.17) is 23.4 Å². The first-order chi connectivity index (χ1) is 13.0. The predicted molar refractivity (Wildman–Crippen MR) is 112 cm³/mol. The summed E-state index contributed by atoms with van der Waals surface area (Å²) in [6.45, 7) is 4.42. The highest BCUT2D eigenvalue weighted by atomic mass is 32.1. The van der Waals surface area contributed by atoms with Gasteiger partial charge in [-0.3, -0.25) is 9.69 Å². The van der Waals surface area contributed by atoms with Gasteiger partial charge in [-0.15, -0.1) is 6.42 Å². The quantitative estimate of drug-likeness (QED) is 0.485. The smallest absolute Gasteiger partial charge is 0.281 e. The minimum Gasteiger partial charge on any atom is -0.480 e. The molecule has 0 saturated carbocycles. The molecule has 0 aliphatic carbocycles. The van der Waals surface area contributed by atoms with Crippen LogP contribution in [0.5, 0.6) is 5.75 Å². The van der Waals surface area contributed by atoms with Crippen molar-refractivity contribution in [2.75, 3.05) is 11.5 Å². The van der Waals surface area contributed by atoms with Crippen molar-refractivity contribution in [2.24, 2.45) is 0 Å². The minimum absolute atomic E-state index is 0.161. The first kappa shape index (κ1) is 18.7. The molecular formula is C22H20N2O2S. The molecule has 1 N–H and O–H groups in total. The summed E-state index contributed by atoms with van der Waals surface area (Å²) in [5, 5.41) is 3.35. The Morgan fingerprint density at radius 1 is 1.22 bits per heavy atom. The van der Waals surface area contributed by atoms with Gasteiger partial charge in [0, 0.05) is 5.56 Å². The van der Waals surface area contributed by atoms with Crippen molar-refractivity contribution in [3.05, 3.63) is 65.4 Å². The number of hydrogen-bond donors (Lipinski definition) is 1. The largest absolute Gasteiger partial charge is 0.480 e. The van der Waals surface area contributed by atoms with Gasteiger partial charge in [0.2, 0.25) is 0 Å². The molecule has 1 aliphatic heterocycles. The normalized spacial score (nSPS) is 15.2. The van der Waals surface area contributed by atoms with Gasteiger partial charge >= 0.3 is 0 Å². The Hall–Kier alpha value is -3.10. The summed E-state index contributed by atoms with van der Waals surface area (Å²) in [6, 6.07) is 15.2. The van der Waals surface area contributed by atoms with E-state index in [1.165, 1.54) is 10.5 Å². The van der Waals surface area contributed by atoms with Gasteiger partial charge in [0.15, 0.2) is 5.11 Å². The van der Waals surface area contributed by atoms with Crippen LogP contribution in [0.25, 0.3) is 6.08 Å². The molecule has 1 heterocycles. The van der Waals surface area contributed by atoms with Crippen molar-refractivity contribution in [3.63, 3.8) is 0 Å². The van der Waals surface area contributed by atoms with Crippen LogP contribution in [0.3, 0.4) is 0 Å². The second-order valence-corrected chi connectivity index (χ2v) is 6.79. The highest BCUT2D eigenvalue weighted by Crippen LogP contribution is 2.27. The van der Waals surface area contributed by atoms with Crippen LogP contribution in [0.1, 0.15) is 30.9 Å². The predicted octanol–water partition coefficient (Wildman–Crippen LogP) is 4.08. The Kier molecular flexibility index (Phi) is 5.58. The third kappa shape index (κ3) is 4.02. The van der Waals surface area contributed by atoms with Crippen LogP contribution in [-0.4, -0.2) is 17.6 Å². The summed E-state index contributed by atoms with van der Waals surface area (Å²) >= 11 is 5.38. The number of para-hydroxylation sites is 1. The van der Waals surface area contributed by atoms with E-state index in [0.29, 0.717) is 22.5 Å². The highest BCUT2D eigenvalue weighted by Gasteiger charge is 2.32. The Bertz CT molecular complexity index is 940. The lowest BCUT2D eigenvalue weighted by atomic mass is 10.0. The molecule has 0 unspecified atom stereocenters. The molecule has 0 atom stereocenters. The molecule has 136 valence electrons. The van der Waals surface area contributed by atoms with E-state index in [1.54, 1.807) is 6.08 Å². The molecule has 2 aromatic rings. The minimum atomic E-state index is -0.205. The van der Waals surface area contributed by atoms with Crippen LogP contribution in [0.2, 0.25) is 0 Å². The van der Waals surface area contributed by atoms with Gasteiger partial charge in [-0.25, -0.2) is 0 Å². The number of nitrogens with zero attached hydrogens (tertiary/aromatic N) is 1. The van der Waals surface area contributed by atoms with Crippen molar-refractivity contribution in [2.45, 2.75) is 19.8 Å². The molecule has 0 aromatic heterocycles. The Morgan fingerprint density at radius 3 is 2.59 bits per heavy atom. The molecule has 4 nitrogen and oxygen atoms in total. The number of nitrogens with one attached hydrogen (secondary N) is 1. The third-order valence-corrected chi connectivity index (χ3v) is 4.51. The van der Waals surface area contributed by atoms with E-state index in [1.807, 2.05) is 48.5 Å². The summed E-state index contributed by atoms with van der Waals surface area (Å²) in [5.41, 5.74) is 3.09. The number of benzene rings is 2. The van der Waals surface area contributed by atoms with Crippen LogP contribution >= 0.6 is 12.2 Å². The molecule has 1 aliphatic rings. The number of rotatable bonds is 5. The Morgan fingerprint density at radius 2 is 1.93 bits per heavy atom. The van der Waals surface area contributed by atoms with E-state index >= 15 is 0 Å². The van der Waals surface area contributed by atoms with Crippen LogP contribution in [0.15, 0.2) is 54.2 Å². The molecule has 1 saturated heterocycles. The van der Waals surface area contributed by atoms with Crippen LogP contribution in [0, 0.1) is 12.3 Å². The summed E-state index contributed by atoms with van der Waals surface area (Å²) in [6.07, 6.45) is 6.99. The van der Waals surface area contributed by atoms with E-state index in [2.05, 4.69) is 25.1 Å². The second kappa shape index (κ2) is 8.07. The standard InChI is InChI=1S/C22H20N2O2S/c1-4-13-26-20-8-6-5-7-17(20)14-19-21(25)24(22(27)23-19)18-11-9-16(10-12-18)15(2)3/h1,5-12,14-15H,13H2,2-3H3,(H,23,27)/b19-14+. The molecule has 1 amide bonds. The SMILES string of the molecule is C#CCOc1ccccc1/C=C1/NC(=S)N(c2ccc(C(C)C)cc2)C1=O. The van der Waals surface area contributed by atoms with Crippen molar-refractivity contribution >= 4 is 35.0 Å². The fourth-order valence-corrected chi connectivity index (χ4v) is 3.08.